The number of carbonyl (C=O) groups excluding carboxylic acids is 2. The molecule has 0 aliphatic carbocycles. The van der Waals surface area contributed by atoms with E-state index in [4.69, 9.17) is 5.73 Å². The Morgan fingerprint density at radius 1 is 1.39 bits per heavy atom. The highest BCUT2D eigenvalue weighted by Crippen LogP contribution is 2.11. The van der Waals surface area contributed by atoms with Crippen molar-refractivity contribution >= 4 is 24.3 Å². The van der Waals surface area contributed by atoms with E-state index in [2.05, 4.69) is 15.5 Å². The summed E-state index contributed by atoms with van der Waals surface area (Å²) in [5, 5.41) is 4.86. The Hall–Kier alpha value is -0.850. The van der Waals surface area contributed by atoms with E-state index in [-0.39, 0.29) is 30.4 Å². The maximum absolute atomic E-state index is 11.8. The number of urea groups is 1. The van der Waals surface area contributed by atoms with Crippen molar-refractivity contribution in [3.63, 3.8) is 0 Å². The number of amides is 3. The van der Waals surface area contributed by atoms with Gasteiger partial charge in [-0.3, -0.25) is 15.0 Å². The lowest BCUT2D eigenvalue weighted by molar-refractivity contribution is -0.125. The molecule has 1 saturated heterocycles. The number of imide groups is 1. The highest BCUT2D eigenvalue weighted by atomic mass is 35.5. The first-order valence-electron chi connectivity index (χ1n) is 6.13. The van der Waals surface area contributed by atoms with E-state index in [1.807, 2.05) is 6.92 Å². The maximum Gasteiger partial charge on any atom is 0.321 e. The van der Waals surface area contributed by atoms with Crippen LogP contribution in [0.25, 0.3) is 0 Å². The maximum atomic E-state index is 11.8. The predicted molar refractivity (Wildman–Crippen MR) is 72.7 cm³/mol. The van der Waals surface area contributed by atoms with Gasteiger partial charge in [0.05, 0.1) is 6.04 Å². The summed E-state index contributed by atoms with van der Waals surface area (Å²) in [6.45, 7) is 5.74. The van der Waals surface area contributed by atoms with Gasteiger partial charge in [0, 0.05) is 25.7 Å². The highest BCUT2D eigenvalue weighted by molar-refractivity contribution is 5.96. The normalized spacial score (nSPS) is 18.6. The molecule has 0 spiro atoms. The van der Waals surface area contributed by atoms with Crippen LogP contribution in [0.1, 0.15) is 26.7 Å². The van der Waals surface area contributed by atoms with Crippen molar-refractivity contribution in [1.82, 2.24) is 15.5 Å². The molecule has 1 heterocycles. The molecule has 7 heteroatoms. The third-order valence-electron chi connectivity index (χ3n) is 3.08. The van der Waals surface area contributed by atoms with Gasteiger partial charge < -0.3 is 11.1 Å². The summed E-state index contributed by atoms with van der Waals surface area (Å²) in [4.78, 5) is 25.0. The number of nitrogens with two attached hydrogens (primary N) is 1. The molecule has 6 nitrogen and oxygen atoms in total. The smallest absolute Gasteiger partial charge is 0.321 e. The van der Waals surface area contributed by atoms with Gasteiger partial charge in [-0.2, -0.15) is 0 Å². The van der Waals surface area contributed by atoms with Gasteiger partial charge in [0.15, 0.2) is 0 Å². The summed E-state index contributed by atoms with van der Waals surface area (Å²) < 4.78 is 0. The Kier molecular flexibility index (Phi) is 7.90. The standard InChI is InChI=1S/C11H22N4O2.ClH/c1-3-13-11(17)14-10(16)8(2)15-6-4-9(12)5-7-15;/h8-9H,3-7,12H2,1-2H3,(H2,13,14,16,17);1H. The number of hydrogen-bond donors (Lipinski definition) is 3. The minimum atomic E-state index is -0.432. The molecule has 3 amide bonds. The van der Waals surface area contributed by atoms with Crippen molar-refractivity contribution in [1.29, 1.82) is 0 Å². The lowest BCUT2D eigenvalue weighted by Crippen LogP contribution is -2.52. The molecule has 1 atom stereocenters. The first-order chi connectivity index (χ1) is 8.04. The molecule has 1 unspecified atom stereocenters. The predicted octanol–water partition coefficient (Wildman–Crippen LogP) is 0.0655. The third kappa shape index (κ3) is 5.20. The second kappa shape index (κ2) is 8.29. The minimum absolute atomic E-state index is 0. The van der Waals surface area contributed by atoms with E-state index in [0.717, 1.165) is 25.9 Å². The van der Waals surface area contributed by atoms with Crippen molar-refractivity contribution in [2.24, 2.45) is 5.73 Å². The van der Waals surface area contributed by atoms with E-state index in [9.17, 15) is 9.59 Å². The van der Waals surface area contributed by atoms with Crippen LogP contribution in [-0.4, -0.2) is 48.6 Å². The second-order valence-electron chi connectivity index (χ2n) is 4.40. The minimum Gasteiger partial charge on any atom is -0.338 e. The van der Waals surface area contributed by atoms with Gasteiger partial charge in [-0.25, -0.2) is 4.79 Å². The molecule has 1 aliphatic rings. The van der Waals surface area contributed by atoms with Crippen molar-refractivity contribution in [3.8, 4) is 0 Å². The molecular formula is C11H23ClN4O2. The van der Waals surface area contributed by atoms with Gasteiger partial charge in [-0.15, -0.1) is 12.4 Å². The monoisotopic (exact) mass is 278 g/mol. The summed E-state index contributed by atoms with van der Waals surface area (Å²) in [7, 11) is 0. The molecule has 1 rings (SSSR count). The summed E-state index contributed by atoms with van der Waals surface area (Å²) in [5.74, 6) is -0.258. The summed E-state index contributed by atoms with van der Waals surface area (Å²) in [6, 6.07) is -0.479. The van der Waals surface area contributed by atoms with Gasteiger partial charge in [-0.05, 0) is 26.7 Å². The Morgan fingerprint density at radius 2 is 1.94 bits per heavy atom. The van der Waals surface area contributed by atoms with Gasteiger partial charge >= 0.3 is 6.03 Å². The van der Waals surface area contributed by atoms with Crippen LogP contribution in [0, 0.1) is 0 Å². The van der Waals surface area contributed by atoms with Gasteiger partial charge in [0.25, 0.3) is 0 Å². The highest BCUT2D eigenvalue weighted by Gasteiger charge is 2.25. The van der Waals surface area contributed by atoms with Crippen LogP contribution < -0.4 is 16.4 Å². The first kappa shape index (κ1) is 17.2. The molecule has 106 valence electrons. The number of nitrogens with zero attached hydrogens (tertiary/aromatic N) is 1. The molecule has 1 fully saturated rings. The van der Waals surface area contributed by atoms with E-state index < -0.39 is 6.03 Å². The summed E-state index contributed by atoms with van der Waals surface area (Å²) in [5.41, 5.74) is 5.80. The number of rotatable bonds is 3. The number of piperidine rings is 1. The molecule has 0 saturated carbocycles. The van der Waals surface area contributed by atoms with Crippen molar-refractivity contribution < 1.29 is 9.59 Å². The lowest BCUT2D eigenvalue weighted by Gasteiger charge is -2.33. The van der Waals surface area contributed by atoms with E-state index in [0.29, 0.717) is 6.54 Å². The summed E-state index contributed by atoms with van der Waals surface area (Å²) >= 11 is 0. The topological polar surface area (TPSA) is 87.5 Å². The fourth-order valence-electron chi connectivity index (χ4n) is 1.89. The number of nitrogens with one attached hydrogen (secondary N) is 2. The third-order valence-corrected chi connectivity index (χ3v) is 3.08. The van der Waals surface area contributed by atoms with Gasteiger partial charge in [0.2, 0.25) is 5.91 Å². The van der Waals surface area contributed by atoms with E-state index >= 15 is 0 Å². The van der Waals surface area contributed by atoms with Crippen molar-refractivity contribution in [3.05, 3.63) is 0 Å². The summed E-state index contributed by atoms with van der Waals surface area (Å²) in [6.07, 6.45) is 1.80. The molecule has 0 aromatic carbocycles. The fourth-order valence-corrected chi connectivity index (χ4v) is 1.89. The second-order valence-corrected chi connectivity index (χ2v) is 4.40. The quantitative estimate of drug-likeness (QED) is 0.682. The fraction of sp³-hybridized carbons (Fsp3) is 0.818. The number of halogens is 1. The lowest BCUT2D eigenvalue weighted by atomic mass is 10.0. The van der Waals surface area contributed by atoms with Gasteiger partial charge in [-0.1, -0.05) is 0 Å². The van der Waals surface area contributed by atoms with Crippen LogP contribution in [-0.2, 0) is 4.79 Å². The van der Waals surface area contributed by atoms with Crippen LogP contribution in [0.5, 0.6) is 0 Å². The van der Waals surface area contributed by atoms with Crippen molar-refractivity contribution in [2.45, 2.75) is 38.8 Å². The Labute approximate surface area is 114 Å². The van der Waals surface area contributed by atoms with Gasteiger partial charge in [0.1, 0.15) is 0 Å². The zero-order valence-corrected chi connectivity index (χ0v) is 11.8. The molecule has 1 aliphatic heterocycles. The SMILES string of the molecule is CCNC(=O)NC(=O)C(C)N1CCC(N)CC1.Cl. The molecule has 0 radical (unpaired) electrons. The van der Waals surface area contributed by atoms with Crippen LogP contribution in [0.15, 0.2) is 0 Å². The molecule has 4 N–H and O–H groups in total. The molecular weight excluding hydrogens is 256 g/mol. The zero-order valence-electron chi connectivity index (χ0n) is 10.9. The number of likely N-dealkylation sites (tertiary alicyclic amines) is 1. The Morgan fingerprint density at radius 3 is 2.44 bits per heavy atom. The zero-order chi connectivity index (χ0) is 12.8. The molecule has 18 heavy (non-hydrogen) atoms. The van der Waals surface area contributed by atoms with Crippen LogP contribution in [0.4, 0.5) is 4.79 Å². The first-order valence-corrected chi connectivity index (χ1v) is 6.13. The molecule has 0 aromatic heterocycles. The molecule has 0 bridgehead atoms. The van der Waals surface area contributed by atoms with E-state index in [1.165, 1.54) is 0 Å². The Bertz CT molecular complexity index is 280. The van der Waals surface area contributed by atoms with Crippen molar-refractivity contribution in [2.75, 3.05) is 19.6 Å². The number of hydrogen-bond acceptors (Lipinski definition) is 4. The average molecular weight is 279 g/mol. The van der Waals surface area contributed by atoms with Crippen LogP contribution >= 0.6 is 12.4 Å². The van der Waals surface area contributed by atoms with E-state index in [1.54, 1.807) is 6.92 Å². The number of carbonyl (C=O) groups is 2. The van der Waals surface area contributed by atoms with Crippen LogP contribution in [0.2, 0.25) is 0 Å². The largest absolute Gasteiger partial charge is 0.338 e. The average Bonchev–Trinajstić information content (AvgIpc) is 2.29. The molecule has 0 aromatic rings. The Balaban J connectivity index is 0.00000289. The van der Waals surface area contributed by atoms with Crippen LogP contribution in [0.3, 0.4) is 0 Å².